The van der Waals surface area contributed by atoms with E-state index in [4.69, 9.17) is 17.3 Å². The minimum atomic E-state index is -1.35. The number of hydrogen-bond acceptors (Lipinski definition) is 3. The summed E-state index contributed by atoms with van der Waals surface area (Å²) in [4.78, 5) is 11.4. The fourth-order valence-corrected chi connectivity index (χ4v) is 2.81. The molecule has 6 heteroatoms. The highest BCUT2D eigenvalue weighted by Gasteiger charge is 2.13. The van der Waals surface area contributed by atoms with Gasteiger partial charge in [0.1, 0.15) is 0 Å². The first-order valence-corrected chi connectivity index (χ1v) is 6.39. The molecule has 1 aromatic rings. The van der Waals surface area contributed by atoms with Gasteiger partial charge in [-0.2, -0.15) is 0 Å². The van der Waals surface area contributed by atoms with Gasteiger partial charge < -0.3 is 11.1 Å². The number of anilines is 1. The fraction of sp³-hybridized carbons (Fsp3) is 0.300. The minimum absolute atomic E-state index is 0.154. The highest BCUT2D eigenvalue weighted by atomic mass is 35.5. The Morgan fingerprint density at radius 1 is 1.56 bits per heavy atom. The average molecular weight is 261 g/mol. The molecule has 0 radical (unpaired) electrons. The number of nitrogens with two attached hydrogens (primary N) is 1. The van der Waals surface area contributed by atoms with E-state index >= 15 is 0 Å². The molecule has 0 heterocycles. The molecule has 0 fully saturated rings. The second-order valence-electron chi connectivity index (χ2n) is 3.13. The van der Waals surface area contributed by atoms with Crippen LogP contribution in [0.5, 0.6) is 0 Å². The molecule has 0 saturated carbocycles. The SMILES string of the molecule is CNC(=O)CCS(=O)c1c(N)cccc1Cl. The van der Waals surface area contributed by atoms with E-state index in [-0.39, 0.29) is 18.1 Å². The zero-order valence-corrected chi connectivity index (χ0v) is 10.4. The van der Waals surface area contributed by atoms with Crippen LogP contribution in [-0.2, 0) is 15.6 Å². The van der Waals surface area contributed by atoms with E-state index < -0.39 is 10.8 Å². The predicted octanol–water partition coefficient (Wildman–Crippen LogP) is 1.17. The molecule has 1 rings (SSSR count). The zero-order valence-electron chi connectivity index (χ0n) is 8.83. The third-order valence-electron chi connectivity index (χ3n) is 2.02. The summed E-state index contributed by atoms with van der Waals surface area (Å²) in [6.07, 6.45) is 0.188. The van der Waals surface area contributed by atoms with Crippen molar-refractivity contribution in [3.05, 3.63) is 23.2 Å². The fourth-order valence-electron chi connectivity index (χ4n) is 1.18. The molecular formula is C10H13ClN2O2S. The molecule has 3 N–H and O–H groups in total. The van der Waals surface area contributed by atoms with Gasteiger partial charge in [-0.05, 0) is 12.1 Å². The lowest BCUT2D eigenvalue weighted by Crippen LogP contribution is -2.20. The summed E-state index contributed by atoms with van der Waals surface area (Å²) in [6, 6.07) is 4.96. The Hall–Kier alpha value is -1.07. The van der Waals surface area contributed by atoms with Crippen molar-refractivity contribution in [3.8, 4) is 0 Å². The Balaban J connectivity index is 2.77. The molecule has 0 aromatic heterocycles. The summed E-state index contributed by atoms with van der Waals surface area (Å²) in [7, 11) is 0.190. The van der Waals surface area contributed by atoms with Crippen molar-refractivity contribution in [2.24, 2.45) is 0 Å². The quantitative estimate of drug-likeness (QED) is 0.798. The Bertz CT molecular complexity index is 403. The summed E-state index contributed by atoms with van der Waals surface area (Å²) >= 11 is 5.90. The molecule has 1 unspecified atom stereocenters. The molecular weight excluding hydrogens is 248 g/mol. The van der Waals surface area contributed by atoms with Crippen LogP contribution >= 0.6 is 11.6 Å². The normalized spacial score (nSPS) is 12.1. The monoisotopic (exact) mass is 260 g/mol. The number of benzene rings is 1. The van der Waals surface area contributed by atoms with Crippen LogP contribution in [-0.4, -0.2) is 22.9 Å². The van der Waals surface area contributed by atoms with Crippen LogP contribution in [0, 0.1) is 0 Å². The van der Waals surface area contributed by atoms with E-state index in [1.54, 1.807) is 18.2 Å². The highest BCUT2D eigenvalue weighted by molar-refractivity contribution is 7.85. The number of carbonyl (C=O) groups excluding carboxylic acids is 1. The second-order valence-corrected chi connectivity index (χ2v) is 5.05. The Morgan fingerprint density at radius 2 is 2.25 bits per heavy atom. The lowest BCUT2D eigenvalue weighted by atomic mass is 10.3. The van der Waals surface area contributed by atoms with Gasteiger partial charge in [-0.3, -0.25) is 9.00 Å². The van der Waals surface area contributed by atoms with Crippen LogP contribution in [0.25, 0.3) is 0 Å². The first-order chi connectivity index (χ1) is 7.56. The van der Waals surface area contributed by atoms with Gasteiger partial charge in [0.15, 0.2) is 0 Å². The molecule has 0 bridgehead atoms. The van der Waals surface area contributed by atoms with E-state index in [0.29, 0.717) is 15.6 Å². The van der Waals surface area contributed by atoms with Gasteiger partial charge in [-0.1, -0.05) is 17.7 Å². The van der Waals surface area contributed by atoms with Crippen LogP contribution in [0.1, 0.15) is 6.42 Å². The molecule has 0 aliphatic rings. The average Bonchev–Trinajstić information content (AvgIpc) is 2.25. The van der Waals surface area contributed by atoms with Crippen LogP contribution in [0.15, 0.2) is 23.1 Å². The number of hydrogen-bond donors (Lipinski definition) is 2. The van der Waals surface area contributed by atoms with E-state index in [1.165, 1.54) is 7.05 Å². The van der Waals surface area contributed by atoms with Gasteiger partial charge in [0.05, 0.1) is 20.7 Å². The maximum atomic E-state index is 11.9. The first-order valence-electron chi connectivity index (χ1n) is 4.69. The Labute approximate surface area is 102 Å². The van der Waals surface area contributed by atoms with Crippen molar-refractivity contribution in [2.45, 2.75) is 11.3 Å². The van der Waals surface area contributed by atoms with Crippen molar-refractivity contribution in [1.82, 2.24) is 5.32 Å². The van der Waals surface area contributed by atoms with Crippen molar-refractivity contribution in [1.29, 1.82) is 0 Å². The van der Waals surface area contributed by atoms with Crippen LogP contribution in [0.2, 0.25) is 5.02 Å². The number of carbonyl (C=O) groups is 1. The molecule has 1 amide bonds. The lowest BCUT2D eigenvalue weighted by Gasteiger charge is -2.07. The lowest BCUT2D eigenvalue weighted by molar-refractivity contribution is -0.120. The van der Waals surface area contributed by atoms with E-state index in [1.807, 2.05) is 0 Å². The number of nitrogens with one attached hydrogen (secondary N) is 1. The summed E-state index contributed by atoms with van der Waals surface area (Å²) in [5.74, 6) is 0.0622. The van der Waals surface area contributed by atoms with Gasteiger partial charge in [-0.25, -0.2) is 0 Å². The summed E-state index contributed by atoms with van der Waals surface area (Å²) in [5, 5.41) is 2.83. The van der Waals surface area contributed by atoms with Gasteiger partial charge in [0.2, 0.25) is 5.91 Å². The molecule has 16 heavy (non-hydrogen) atoms. The molecule has 88 valence electrons. The largest absolute Gasteiger partial charge is 0.398 e. The van der Waals surface area contributed by atoms with Crippen LogP contribution in [0.3, 0.4) is 0 Å². The maximum absolute atomic E-state index is 11.9. The van der Waals surface area contributed by atoms with Gasteiger partial charge >= 0.3 is 0 Å². The number of amides is 1. The molecule has 0 spiro atoms. The van der Waals surface area contributed by atoms with E-state index in [9.17, 15) is 9.00 Å². The number of rotatable bonds is 4. The standard InChI is InChI=1S/C10H13ClN2O2S/c1-13-9(14)5-6-16(15)10-7(11)3-2-4-8(10)12/h2-4H,5-6,12H2,1H3,(H,13,14). The third kappa shape index (κ3) is 3.21. The zero-order chi connectivity index (χ0) is 12.1. The molecule has 1 aromatic carbocycles. The van der Waals surface area contributed by atoms with Crippen LogP contribution in [0.4, 0.5) is 5.69 Å². The topological polar surface area (TPSA) is 72.2 Å². The highest BCUT2D eigenvalue weighted by Crippen LogP contribution is 2.25. The van der Waals surface area contributed by atoms with Gasteiger partial charge in [0.25, 0.3) is 0 Å². The molecule has 1 atom stereocenters. The predicted molar refractivity (Wildman–Crippen MR) is 65.8 cm³/mol. The maximum Gasteiger partial charge on any atom is 0.220 e. The third-order valence-corrected chi connectivity index (χ3v) is 3.93. The van der Waals surface area contributed by atoms with Crippen LogP contribution < -0.4 is 11.1 Å². The van der Waals surface area contributed by atoms with Crippen molar-refractivity contribution in [3.63, 3.8) is 0 Å². The smallest absolute Gasteiger partial charge is 0.220 e. The number of halogens is 1. The van der Waals surface area contributed by atoms with Crippen molar-refractivity contribution < 1.29 is 9.00 Å². The first kappa shape index (κ1) is 13.0. The van der Waals surface area contributed by atoms with E-state index in [2.05, 4.69) is 5.32 Å². The Morgan fingerprint density at radius 3 is 2.81 bits per heavy atom. The minimum Gasteiger partial charge on any atom is -0.398 e. The summed E-state index contributed by atoms with van der Waals surface area (Å²) < 4.78 is 11.9. The van der Waals surface area contributed by atoms with Crippen molar-refractivity contribution >= 4 is 34.0 Å². The van der Waals surface area contributed by atoms with Gasteiger partial charge in [0, 0.05) is 24.9 Å². The molecule has 0 saturated heterocycles. The van der Waals surface area contributed by atoms with E-state index in [0.717, 1.165) is 0 Å². The molecule has 0 aliphatic heterocycles. The van der Waals surface area contributed by atoms with Gasteiger partial charge in [-0.15, -0.1) is 0 Å². The molecule has 4 nitrogen and oxygen atoms in total. The van der Waals surface area contributed by atoms with Crippen molar-refractivity contribution in [2.75, 3.05) is 18.5 Å². The second kappa shape index (κ2) is 5.86. The summed E-state index contributed by atoms with van der Waals surface area (Å²) in [5.41, 5.74) is 6.07. The Kier molecular flexibility index (Phi) is 4.76. The molecule has 0 aliphatic carbocycles. The number of nitrogen functional groups attached to an aromatic ring is 1. The summed E-state index contributed by atoms with van der Waals surface area (Å²) in [6.45, 7) is 0.